The largest absolute Gasteiger partial charge is 0.467 e. The Bertz CT molecular complexity index is 783. The molecule has 7 heteroatoms. The Kier molecular flexibility index (Phi) is 5.62. The van der Waals surface area contributed by atoms with Crippen molar-refractivity contribution in [3.8, 4) is 0 Å². The first-order chi connectivity index (χ1) is 13.6. The van der Waals surface area contributed by atoms with Crippen LogP contribution in [0.4, 0.5) is 5.69 Å². The van der Waals surface area contributed by atoms with Gasteiger partial charge in [0.05, 0.1) is 18.6 Å². The summed E-state index contributed by atoms with van der Waals surface area (Å²) in [6.07, 6.45) is 5.19. The van der Waals surface area contributed by atoms with E-state index in [2.05, 4.69) is 0 Å². The monoisotopic (exact) mass is 402 g/mol. The maximum absolute atomic E-state index is 13.2. The van der Waals surface area contributed by atoms with Crippen LogP contribution in [0, 0.1) is 5.92 Å². The highest BCUT2D eigenvalue weighted by Gasteiger charge is 2.47. The van der Waals surface area contributed by atoms with Crippen LogP contribution in [0.5, 0.6) is 0 Å². The molecule has 1 aromatic rings. The van der Waals surface area contributed by atoms with Crippen molar-refractivity contribution in [3.63, 3.8) is 0 Å². The molecule has 1 aromatic carbocycles. The molecule has 0 spiro atoms. The first-order valence-corrected chi connectivity index (χ1v) is 11.0. The highest BCUT2D eigenvalue weighted by atomic mass is 32.2. The number of methoxy groups -OCH3 is 1. The zero-order valence-electron chi connectivity index (χ0n) is 16.1. The normalized spacial score (nSPS) is 26.6. The lowest BCUT2D eigenvalue weighted by Crippen LogP contribution is -2.48. The molecule has 1 saturated heterocycles. The van der Waals surface area contributed by atoms with Gasteiger partial charge in [-0.1, -0.05) is 25.0 Å². The van der Waals surface area contributed by atoms with Crippen LogP contribution < -0.4 is 4.90 Å². The number of rotatable bonds is 4. The van der Waals surface area contributed by atoms with Gasteiger partial charge in [0.25, 0.3) is 0 Å². The molecule has 3 atom stereocenters. The molecule has 1 aliphatic carbocycles. The van der Waals surface area contributed by atoms with Crippen molar-refractivity contribution in [2.24, 2.45) is 5.92 Å². The minimum Gasteiger partial charge on any atom is -0.467 e. The van der Waals surface area contributed by atoms with Gasteiger partial charge in [-0.25, -0.2) is 4.79 Å². The zero-order chi connectivity index (χ0) is 19.7. The molecule has 2 amide bonds. The SMILES string of the molecule is COC(=O)[C@H]1C[C@H]2CCCC[C@@H]2N1C(=O)CCN1C(=O)CSc2ccccc21. The van der Waals surface area contributed by atoms with E-state index >= 15 is 0 Å². The van der Waals surface area contributed by atoms with Crippen molar-refractivity contribution in [2.45, 2.75) is 55.5 Å². The minimum atomic E-state index is -0.481. The lowest BCUT2D eigenvalue weighted by molar-refractivity contribution is -0.152. The van der Waals surface area contributed by atoms with Crippen LogP contribution in [-0.2, 0) is 19.1 Å². The molecule has 0 unspecified atom stereocenters. The minimum absolute atomic E-state index is 0.0259. The topological polar surface area (TPSA) is 66.9 Å². The first kappa shape index (κ1) is 19.3. The van der Waals surface area contributed by atoms with E-state index < -0.39 is 6.04 Å². The molecule has 0 aromatic heterocycles. The summed E-state index contributed by atoms with van der Waals surface area (Å²) < 4.78 is 4.98. The van der Waals surface area contributed by atoms with Crippen LogP contribution >= 0.6 is 11.8 Å². The number of carbonyl (C=O) groups is 3. The summed E-state index contributed by atoms with van der Waals surface area (Å²) in [7, 11) is 1.38. The highest BCUT2D eigenvalue weighted by Crippen LogP contribution is 2.41. The summed E-state index contributed by atoms with van der Waals surface area (Å²) in [6.45, 7) is 0.344. The van der Waals surface area contributed by atoms with E-state index in [1.165, 1.54) is 18.9 Å². The van der Waals surface area contributed by atoms with Gasteiger partial charge in [0, 0.05) is 23.9 Å². The highest BCUT2D eigenvalue weighted by molar-refractivity contribution is 8.00. The van der Waals surface area contributed by atoms with Crippen molar-refractivity contribution in [1.29, 1.82) is 0 Å². The van der Waals surface area contributed by atoms with E-state index in [0.717, 1.165) is 36.3 Å². The molecule has 28 heavy (non-hydrogen) atoms. The summed E-state index contributed by atoms with van der Waals surface area (Å²) >= 11 is 1.53. The third-order valence-electron chi connectivity index (χ3n) is 6.21. The molecular weight excluding hydrogens is 376 g/mol. The molecule has 0 bridgehead atoms. The third kappa shape index (κ3) is 3.52. The predicted molar refractivity (Wildman–Crippen MR) is 107 cm³/mol. The zero-order valence-corrected chi connectivity index (χ0v) is 17.0. The van der Waals surface area contributed by atoms with E-state index in [-0.39, 0.29) is 30.2 Å². The maximum Gasteiger partial charge on any atom is 0.328 e. The number of anilines is 1. The molecule has 1 saturated carbocycles. The Hall–Kier alpha value is -2.02. The summed E-state index contributed by atoms with van der Waals surface area (Å²) in [5.74, 6) is 0.435. The standard InChI is InChI=1S/C21H26N2O4S/c1-27-21(26)17-12-14-6-2-3-7-15(14)23(17)19(24)10-11-22-16-8-4-5-9-18(16)28-13-20(22)25/h4-5,8-9,14-15,17H,2-3,6-7,10-13H2,1H3/t14-,15+,17-/m1/s1. The number of amides is 2. The van der Waals surface area contributed by atoms with Crippen LogP contribution in [0.25, 0.3) is 0 Å². The summed E-state index contributed by atoms with van der Waals surface area (Å²) in [5, 5.41) is 0. The van der Waals surface area contributed by atoms with Gasteiger partial charge in [-0.05, 0) is 37.3 Å². The third-order valence-corrected chi connectivity index (χ3v) is 7.25. The molecule has 0 radical (unpaired) electrons. The molecule has 3 aliphatic rings. The number of benzene rings is 1. The van der Waals surface area contributed by atoms with Gasteiger partial charge in [-0.2, -0.15) is 0 Å². The van der Waals surface area contributed by atoms with E-state index in [0.29, 0.717) is 24.6 Å². The van der Waals surface area contributed by atoms with Crippen LogP contribution in [0.1, 0.15) is 38.5 Å². The molecule has 2 aliphatic heterocycles. The van der Waals surface area contributed by atoms with Gasteiger partial charge in [0.2, 0.25) is 11.8 Å². The van der Waals surface area contributed by atoms with E-state index in [4.69, 9.17) is 4.74 Å². The van der Waals surface area contributed by atoms with Gasteiger partial charge in [0.15, 0.2) is 0 Å². The summed E-state index contributed by atoms with van der Waals surface area (Å²) in [5.41, 5.74) is 0.873. The second kappa shape index (κ2) is 8.15. The number of esters is 1. The van der Waals surface area contributed by atoms with Gasteiger partial charge >= 0.3 is 5.97 Å². The molecular formula is C21H26N2O4S. The van der Waals surface area contributed by atoms with Crippen LogP contribution in [0.15, 0.2) is 29.2 Å². The van der Waals surface area contributed by atoms with Gasteiger partial charge in [-0.15, -0.1) is 11.8 Å². The number of ether oxygens (including phenoxy) is 1. The average molecular weight is 403 g/mol. The predicted octanol–water partition coefficient (Wildman–Crippen LogP) is 2.85. The fourth-order valence-corrected chi connectivity index (χ4v) is 5.84. The Balaban J connectivity index is 1.49. The molecule has 150 valence electrons. The maximum atomic E-state index is 13.2. The van der Waals surface area contributed by atoms with Crippen molar-refractivity contribution in [1.82, 2.24) is 4.90 Å². The number of likely N-dealkylation sites (tertiary alicyclic amines) is 1. The smallest absolute Gasteiger partial charge is 0.328 e. The van der Waals surface area contributed by atoms with E-state index in [1.54, 1.807) is 9.80 Å². The second-order valence-corrected chi connectivity index (χ2v) is 8.76. The van der Waals surface area contributed by atoms with Gasteiger partial charge in [-0.3, -0.25) is 9.59 Å². The number of fused-ring (bicyclic) bond motifs is 2. The van der Waals surface area contributed by atoms with Crippen molar-refractivity contribution >= 4 is 35.2 Å². The number of hydrogen-bond acceptors (Lipinski definition) is 5. The Morgan fingerprint density at radius 1 is 1.21 bits per heavy atom. The quantitative estimate of drug-likeness (QED) is 0.725. The number of para-hydroxylation sites is 1. The second-order valence-electron chi connectivity index (χ2n) is 7.74. The fraction of sp³-hybridized carbons (Fsp3) is 0.571. The molecule has 0 N–H and O–H groups in total. The van der Waals surface area contributed by atoms with Crippen LogP contribution in [0.3, 0.4) is 0 Å². The number of hydrogen-bond donors (Lipinski definition) is 0. The molecule has 4 rings (SSSR count). The number of nitrogens with zero attached hydrogens (tertiary/aromatic N) is 2. The summed E-state index contributed by atoms with van der Waals surface area (Å²) in [6, 6.07) is 7.44. The summed E-state index contributed by atoms with van der Waals surface area (Å²) in [4.78, 5) is 42.5. The van der Waals surface area contributed by atoms with E-state index in [9.17, 15) is 14.4 Å². The first-order valence-electron chi connectivity index (χ1n) is 10.0. The van der Waals surface area contributed by atoms with Crippen molar-refractivity contribution < 1.29 is 19.1 Å². The van der Waals surface area contributed by atoms with Gasteiger partial charge < -0.3 is 14.5 Å². The van der Waals surface area contributed by atoms with Gasteiger partial charge in [0.1, 0.15) is 6.04 Å². The lowest BCUT2D eigenvalue weighted by Gasteiger charge is -2.34. The lowest BCUT2D eigenvalue weighted by atomic mass is 9.84. The van der Waals surface area contributed by atoms with Crippen LogP contribution in [-0.4, -0.2) is 54.2 Å². The Morgan fingerprint density at radius 3 is 2.82 bits per heavy atom. The number of thioether (sulfide) groups is 1. The van der Waals surface area contributed by atoms with Crippen LogP contribution in [0.2, 0.25) is 0 Å². The Morgan fingerprint density at radius 2 is 2.00 bits per heavy atom. The van der Waals surface area contributed by atoms with Crippen molar-refractivity contribution in [3.05, 3.63) is 24.3 Å². The average Bonchev–Trinajstić information content (AvgIpc) is 3.12. The van der Waals surface area contributed by atoms with Crippen molar-refractivity contribution in [2.75, 3.05) is 24.3 Å². The Labute approximate surface area is 169 Å². The molecule has 2 fully saturated rings. The fourth-order valence-electron chi connectivity index (χ4n) is 4.90. The molecule has 6 nitrogen and oxygen atoms in total. The van der Waals surface area contributed by atoms with E-state index in [1.807, 2.05) is 24.3 Å². The number of carbonyl (C=O) groups excluding carboxylic acids is 3. The molecule has 2 heterocycles.